The average Bonchev–Trinajstić information content (AvgIpc) is 3.12. The number of hydrogen-bond donors (Lipinski definition) is 1. The number of allylic oxidation sites excluding steroid dienone is 1. The number of aromatic nitrogens is 2. The van der Waals surface area contributed by atoms with E-state index < -0.39 is 0 Å². The fraction of sp³-hybridized carbons (Fsp3) is 0.591. The molecule has 0 aromatic carbocycles. The summed E-state index contributed by atoms with van der Waals surface area (Å²) in [5.41, 5.74) is -0.0561. The van der Waals surface area contributed by atoms with Crippen LogP contribution in [-0.4, -0.2) is 26.2 Å². The molecule has 154 valence electrons. The molecule has 4 fully saturated rings. The number of thioether (sulfide) groups is 1. The quantitative estimate of drug-likeness (QED) is 0.424. The van der Waals surface area contributed by atoms with Crippen molar-refractivity contribution in [1.29, 1.82) is 0 Å². The van der Waals surface area contributed by atoms with E-state index in [1.807, 2.05) is 18.4 Å². The molecule has 0 aliphatic heterocycles. The first-order valence-corrected chi connectivity index (χ1v) is 12.3. The molecule has 4 bridgehead atoms. The first-order valence-electron chi connectivity index (χ1n) is 10.5. The SMILES string of the molecule is C=CCn1c(SC(C)C(=O)NC23CC4CC(CC(C4)C2)C3)nc2sccc2c1=O. The highest BCUT2D eigenvalue weighted by Crippen LogP contribution is 2.55. The molecule has 1 amide bonds. The van der Waals surface area contributed by atoms with Crippen molar-refractivity contribution in [3.63, 3.8) is 0 Å². The number of fused-ring (bicyclic) bond motifs is 1. The highest BCUT2D eigenvalue weighted by atomic mass is 32.2. The van der Waals surface area contributed by atoms with Gasteiger partial charge in [0.25, 0.3) is 5.56 Å². The predicted octanol–water partition coefficient (Wildman–Crippen LogP) is 4.21. The monoisotopic (exact) mass is 429 g/mol. The van der Waals surface area contributed by atoms with Crippen LogP contribution in [0.2, 0.25) is 0 Å². The predicted molar refractivity (Wildman–Crippen MR) is 118 cm³/mol. The number of nitrogens with one attached hydrogen (secondary N) is 1. The van der Waals surface area contributed by atoms with Gasteiger partial charge < -0.3 is 5.32 Å². The van der Waals surface area contributed by atoms with Gasteiger partial charge in [-0.2, -0.15) is 0 Å². The second-order valence-corrected chi connectivity index (χ2v) is 11.4. The van der Waals surface area contributed by atoms with Crippen LogP contribution in [0.1, 0.15) is 45.4 Å². The Labute approximate surface area is 179 Å². The second-order valence-electron chi connectivity index (χ2n) is 9.19. The Morgan fingerprint density at radius 2 is 2.03 bits per heavy atom. The summed E-state index contributed by atoms with van der Waals surface area (Å²) in [6, 6.07) is 1.81. The van der Waals surface area contributed by atoms with Crippen molar-refractivity contribution in [2.75, 3.05) is 0 Å². The lowest BCUT2D eigenvalue weighted by molar-refractivity contribution is -0.126. The summed E-state index contributed by atoms with van der Waals surface area (Å²) < 4.78 is 1.63. The molecule has 2 aromatic heterocycles. The summed E-state index contributed by atoms with van der Waals surface area (Å²) >= 11 is 2.84. The molecule has 0 saturated heterocycles. The van der Waals surface area contributed by atoms with Gasteiger partial charge in [0.1, 0.15) is 4.83 Å². The number of carbonyl (C=O) groups is 1. The van der Waals surface area contributed by atoms with Gasteiger partial charge in [-0.05, 0) is 74.6 Å². The van der Waals surface area contributed by atoms with E-state index in [-0.39, 0.29) is 22.3 Å². The first kappa shape index (κ1) is 19.4. The van der Waals surface area contributed by atoms with Gasteiger partial charge in [0, 0.05) is 12.1 Å². The van der Waals surface area contributed by atoms with Crippen molar-refractivity contribution in [2.45, 2.75) is 67.9 Å². The number of thiophene rings is 1. The third kappa shape index (κ3) is 3.46. The Hall–Kier alpha value is -1.60. The minimum atomic E-state index is -0.302. The maximum atomic E-state index is 13.1. The van der Waals surface area contributed by atoms with Gasteiger partial charge in [0.15, 0.2) is 5.16 Å². The molecule has 2 heterocycles. The number of rotatable bonds is 6. The third-order valence-corrected chi connectivity index (χ3v) is 8.83. The highest BCUT2D eigenvalue weighted by Gasteiger charge is 2.51. The molecule has 1 unspecified atom stereocenters. The van der Waals surface area contributed by atoms with Crippen molar-refractivity contribution in [3.8, 4) is 0 Å². The van der Waals surface area contributed by atoms with E-state index in [2.05, 4.69) is 16.9 Å². The Kier molecular flexibility index (Phi) is 4.86. The summed E-state index contributed by atoms with van der Waals surface area (Å²) in [4.78, 5) is 31.4. The van der Waals surface area contributed by atoms with Gasteiger partial charge in [-0.1, -0.05) is 17.8 Å². The van der Waals surface area contributed by atoms with Crippen LogP contribution < -0.4 is 10.9 Å². The lowest BCUT2D eigenvalue weighted by atomic mass is 9.53. The standard InChI is InChI=1S/C22H27N3O2S2/c1-3-5-25-20(27)17-4-6-28-19(17)23-21(25)29-13(2)18(26)24-22-10-14-7-15(11-22)9-16(8-14)12-22/h3-4,6,13-16H,1,5,7-12H2,2H3,(H,24,26). The molecule has 4 aliphatic carbocycles. The van der Waals surface area contributed by atoms with Crippen LogP contribution in [0.5, 0.6) is 0 Å². The Morgan fingerprint density at radius 3 is 2.66 bits per heavy atom. The van der Waals surface area contributed by atoms with Crippen LogP contribution >= 0.6 is 23.1 Å². The Morgan fingerprint density at radius 1 is 1.38 bits per heavy atom. The van der Waals surface area contributed by atoms with Gasteiger partial charge in [0.05, 0.1) is 10.6 Å². The topological polar surface area (TPSA) is 64.0 Å². The molecule has 0 spiro atoms. The molecular weight excluding hydrogens is 402 g/mol. The van der Waals surface area contributed by atoms with Crippen LogP contribution in [0.4, 0.5) is 0 Å². The van der Waals surface area contributed by atoms with Gasteiger partial charge >= 0.3 is 0 Å². The van der Waals surface area contributed by atoms with E-state index in [1.165, 1.54) is 42.4 Å². The summed E-state index contributed by atoms with van der Waals surface area (Å²) in [6.45, 7) is 6.08. The normalized spacial score (nSPS) is 31.1. The summed E-state index contributed by atoms with van der Waals surface area (Å²) in [7, 11) is 0. The summed E-state index contributed by atoms with van der Waals surface area (Å²) in [6.07, 6.45) is 9.20. The molecule has 5 nitrogen and oxygen atoms in total. The molecule has 4 saturated carbocycles. The summed E-state index contributed by atoms with van der Waals surface area (Å²) in [5, 5.41) is 6.26. The molecule has 6 rings (SSSR count). The number of nitrogens with zero attached hydrogens (tertiary/aromatic N) is 2. The zero-order chi connectivity index (χ0) is 20.2. The molecule has 7 heteroatoms. The molecular formula is C22H27N3O2S2. The van der Waals surface area contributed by atoms with Gasteiger partial charge in [0.2, 0.25) is 5.91 Å². The number of carbonyl (C=O) groups excluding carboxylic acids is 1. The second kappa shape index (κ2) is 7.27. The van der Waals surface area contributed by atoms with E-state index in [0.29, 0.717) is 17.1 Å². The van der Waals surface area contributed by atoms with E-state index >= 15 is 0 Å². The molecule has 2 aromatic rings. The number of amides is 1. The summed E-state index contributed by atoms with van der Waals surface area (Å²) in [5.74, 6) is 2.46. The first-order chi connectivity index (χ1) is 14.0. The fourth-order valence-electron chi connectivity index (χ4n) is 6.15. The highest BCUT2D eigenvalue weighted by molar-refractivity contribution is 8.00. The van der Waals surface area contributed by atoms with E-state index in [9.17, 15) is 9.59 Å². The minimum Gasteiger partial charge on any atom is -0.350 e. The van der Waals surface area contributed by atoms with E-state index in [1.54, 1.807) is 10.6 Å². The molecule has 1 atom stereocenters. The van der Waals surface area contributed by atoms with Crippen molar-refractivity contribution < 1.29 is 4.79 Å². The Balaban J connectivity index is 1.36. The van der Waals surface area contributed by atoms with Crippen LogP contribution in [0.25, 0.3) is 10.2 Å². The third-order valence-electron chi connectivity index (χ3n) is 6.94. The van der Waals surface area contributed by atoms with Gasteiger partial charge in [-0.25, -0.2) is 4.98 Å². The zero-order valence-electron chi connectivity index (χ0n) is 16.7. The Bertz CT molecular complexity index is 989. The van der Waals surface area contributed by atoms with Gasteiger partial charge in [-0.15, -0.1) is 17.9 Å². The largest absolute Gasteiger partial charge is 0.350 e. The van der Waals surface area contributed by atoms with Crippen LogP contribution in [0.15, 0.2) is 34.1 Å². The minimum absolute atomic E-state index is 0.00652. The van der Waals surface area contributed by atoms with Crippen LogP contribution in [-0.2, 0) is 11.3 Å². The lowest BCUT2D eigenvalue weighted by Gasteiger charge is -2.57. The van der Waals surface area contributed by atoms with Crippen LogP contribution in [0, 0.1) is 17.8 Å². The zero-order valence-corrected chi connectivity index (χ0v) is 18.4. The molecule has 0 radical (unpaired) electrons. The van der Waals surface area contributed by atoms with Crippen molar-refractivity contribution in [3.05, 3.63) is 34.5 Å². The molecule has 29 heavy (non-hydrogen) atoms. The van der Waals surface area contributed by atoms with Crippen molar-refractivity contribution in [1.82, 2.24) is 14.9 Å². The van der Waals surface area contributed by atoms with Gasteiger partial charge in [-0.3, -0.25) is 14.2 Å². The van der Waals surface area contributed by atoms with E-state index in [0.717, 1.165) is 41.8 Å². The molecule has 1 N–H and O–H groups in total. The average molecular weight is 430 g/mol. The fourth-order valence-corrected chi connectivity index (χ4v) is 7.87. The van der Waals surface area contributed by atoms with Crippen LogP contribution in [0.3, 0.4) is 0 Å². The van der Waals surface area contributed by atoms with Crippen molar-refractivity contribution >= 4 is 39.2 Å². The molecule has 4 aliphatic rings. The number of hydrogen-bond acceptors (Lipinski definition) is 5. The lowest BCUT2D eigenvalue weighted by Crippen LogP contribution is -2.60. The maximum absolute atomic E-state index is 13.1. The maximum Gasteiger partial charge on any atom is 0.263 e. The van der Waals surface area contributed by atoms with E-state index in [4.69, 9.17) is 0 Å². The van der Waals surface area contributed by atoms with Crippen molar-refractivity contribution in [2.24, 2.45) is 17.8 Å². The smallest absolute Gasteiger partial charge is 0.263 e.